The fourth-order valence-electron chi connectivity index (χ4n) is 2.91. The van der Waals surface area contributed by atoms with Crippen LogP contribution in [0.15, 0.2) is 54.7 Å². The van der Waals surface area contributed by atoms with E-state index in [1.807, 2.05) is 49.5 Å². The Labute approximate surface area is 170 Å². The zero-order valence-electron chi connectivity index (χ0n) is 16.7. The normalized spacial score (nSPS) is 11.6. The van der Waals surface area contributed by atoms with E-state index in [9.17, 15) is 14.4 Å². The molecule has 3 rings (SSSR count). The summed E-state index contributed by atoms with van der Waals surface area (Å²) in [6.45, 7) is 5.23. The van der Waals surface area contributed by atoms with Crippen LogP contribution in [0.4, 0.5) is 16.2 Å². The van der Waals surface area contributed by atoms with E-state index in [-0.39, 0.29) is 12.5 Å². The molecule has 0 fully saturated rings. The molecule has 7 heteroatoms. The molecule has 3 N–H and O–H groups in total. The van der Waals surface area contributed by atoms with Gasteiger partial charge in [0.2, 0.25) is 11.8 Å². The van der Waals surface area contributed by atoms with Crippen molar-refractivity contribution in [3.05, 3.63) is 60.3 Å². The average molecular weight is 395 g/mol. The monoisotopic (exact) mass is 395 g/mol. The minimum Gasteiger partial charge on any atom is -0.465 e. The van der Waals surface area contributed by atoms with Crippen LogP contribution in [0.1, 0.15) is 26.3 Å². The van der Waals surface area contributed by atoms with E-state index in [0.717, 1.165) is 28.8 Å². The lowest BCUT2D eigenvalue weighted by Crippen LogP contribution is -2.31. The van der Waals surface area contributed by atoms with Gasteiger partial charge in [0.25, 0.3) is 0 Å². The molecule has 29 heavy (non-hydrogen) atoms. The van der Waals surface area contributed by atoms with Gasteiger partial charge >= 0.3 is 6.09 Å². The van der Waals surface area contributed by atoms with Crippen LogP contribution in [0.25, 0.3) is 11.1 Å². The van der Waals surface area contributed by atoms with Crippen molar-refractivity contribution in [3.63, 3.8) is 0 Å². The summed E-state index contributed by atoms with van der Waals surface area (Å²) in [6, 6.07) is 13.2. The lowest BCUT2D eigenvalue weighted by molar-refractivity contribution is -0.116. The summed E-state index contributed by atoms with van der Waals surface area (Å²) in [5.74, 6) is -0.465. The van der Waals surface area contributed by atoms with E-state index in [2.05, 4.69) is 11.4 Å². The van der Waals surface area contributed by atoms with Gasteiger partial charge in [0.15, 0.2) is 0 Å². The minimum atomic E-state index is -1.24. The van der Waals surface area contributed by atoms with Gasteiger partial charge in [0, 0.05) is 18.8 Å². The second kappa shape index (κ2) is 10.1. The van der Waals surface area contributed by atoms with Gasteiger partial charge in [0.1, 0.15) is 6.54 Å². The summed E-state index contributed by atoms with van der Waals surface area (Å²) in [4.78, 5) is 35.4. The molecular formula is C22H25N3O4. The van der Waals surface area contributed by atoms with E-state index in [4.69, 9.17) is 5.11 Å². The van der Waals surface area contributed by atoms with E-state index >= 15 is 0 Å². The minimum absolute atomic E-state index is 0.0302. The van der Waals surface area contributed by atoms with Gasteiger partial charge in [-0.3, -0.25) is 14.5 Å². The molecule has 1 heterocycles. The summed E-state index contributed by atoms with van der Waals surface area (Å²) >= 11 is 0. The van der Waals surface area contributed by atoms with Crippen molar-refractivity contribution < 1.29 is 19.5 Å². The third-order valence-electron chi connectivity index (χ3n) is 4.17. The lowest BCUT2D eigenvalue weighted by Gasteiger charge is -2.24. The number of carboxylic acid groups (broad SMARTS) is 1. The highest BCUT2D eigenvalue weighted by molar-refractivity contribution is 5.95. The Balaban J connectivity index is 0.00000145. The number of carbonyl (C=O) groups excluding carboxylic acids is 2. The van der Waals surface area contributed by atoms with Crippen molar-refractivity contribution in [3.8, 4) is 11.1 Å². The van der Waals surface area contributed by atoms with Crippen molar-refractivity contribution >= 4 is 29.3 Å². The number of hydrogen-bond acceptors (Lipinski definition) is 3. The standard InChI is InChI=1S/C20H19N3O4.C2H6/c1-13(24)23-10-2-3-16-11-15(6-9-18(16)23)14-4-7-17(8-5-14)22-19(25)12-21-20(26)27;1-2/h2,4-11,21H,3,12H2,1H3,(H,22,25)(H,26,27);1-2H3. The lowest BCUT2D eigenvalue weighted by atomic mass is 9.98. The molecule has 0 spiro atoms. The second-order valence-electron chi connectivity index (χ2n) is 6.11. The molecule has 0 saturated carbocycles. The Morgan fingerprint density at radius 3 is 2.31 bits per heavy atom. The van der Waals surface area contributed by atoms with Crippen LogP contribution in [0.2, 0.25) is 0 Å². The first-order valence-corrected chi connectivity index (χ1v) is 9.40. The van der Waals surface area contributed by atoms with Gasteiger partial charge in [-0.2, -0.15) is 0 Å². The number of allylic oxidation sites excluding steroid dienone is 1. The van der Waals surface area contributed by atoms with Crippen LogP contribution in [0.5, 0.6) is 0 Å². The molecule has 1 aliphatic heterocycles. The van der Waals surface area contributed by atoms with Crippen LogP contribution in [0.3, 0.4) is 0 Å². The smallest absolute Gasteiger partial charge is 0.405 e. The van der Waals surface area contributed by atoms with Gasteiger partial charge in [-0.25, -0.2) is 4.79 Å². The highest BCUT2D eigenvalue weighted by atomic mass is 16.4. The molecular weight excluding hydrogens is 370 g/mol. The molecule has 0 radical (unpaired) electrons. The second-order valence-corrected chi connectivity index (χ2v) is 6.11. The van der Waals surface area contributed by atoms with E-state index < -0.39 is 12.0 Å². The van der Waals surface area contributed by atoms with Crippen LogP contribution < -0.4 is 15.5 Å². The summed E-state index contributed by atoms with van der Waals surface area (Å²) in [5, 5.41) is 13.1. The number of anilines is 2. The molecule has 0 atom stereocenters. The Morgan fingerprint density at radius 1 is 1.03 bits per heavy atom. The third kappa shape index (κ3) is 5.68. The van der Waals surface area contributed by atoms with Crippen LogP contribution >= 0.6 is 0 Å². The van der Waals surface area contributed by atoms with E-state index in [1.54, 1.807) is 23.2 Å². The van der Waals surface area contributed by atoms with Gasteiger partial charge < -0.3 is 15.7 Å². The Bertz CT molecular complexity index is 920. The predicted molar refractivity (Wildman–Crippen MR) is 114 cm³/mol. The topological polar surface area (TPSA) is 98.7 Å². The molecule has 0 saturated heterocycles. The molecule has 0 aliphatic carbocycles. The maximum absolute atomic E-state index is 11.7. The van der Waals surface area contributed by atoms with Crippen molar-refractivity contribution in [2.45, 2.75) is 27.2 Å². The number of nitrogens with zero attached hydrogens (tertiary/aromatic N) is 1. The predicted octanol–water partition coefficient (Wildman–Crippen LogP) is 4.01. The van der Waals surface area contributed by atoms with Crippen molar-refractivity contribution in [2.75, 3.05) is 16.8 Å². The number of fused-ring (bicyclic) bond motifs is 1. The van der Waals surface area contributed by atoms with Crippen molar-refractivity contribution in [2.24, 2.45) is 0 Å². The molecule has 7 nitrogen and oxygen atoms in total. The molecule has 2 aromatic carbocycles. The maximum atomic E-state index is 11.7. The Kier molecular flexibility index (Phi) is 7.54. The SMILES string of the molecule is CC.CC(=O)N1C=CCc2cc(-c3ccc(NC(=O)CNC(=O)O)cc3)ccc21. The summed E-state index contributed by atoms with van der Waals surface area (Å²) in [5.41, 5.74) is 4.53. The number of rotatable bonds is 4. The molecule has 0 aromatic heterocycles. The molecule has 0 unspecified atom stereocenters. The zero-order chi connectivity index (χ0) is 21.4. The van der Waals surface area contributed by atoms with Gasteiger partial charge in [-0.05, 0) is 47.4 Å². The third-order valence-corrected chi connectivity index (χ3v) is 4.17. The zero-order valence-corrected chi connectivity index (χ0v) is 16.7. The average Bonchev–Trinajstić information content (AvgIpc) is 2.73. The number of carbonyl (C=O) groups is 3. The summed E-state index contributed by atoms with van der Waals surface area (Å²) < 4.78 is 0. The number of amides is 3. The highest BCUT2D eigenvalue weighted by Gasteiger charge is 2.16. The summed E-state index contributed by atoms with van der Waals surface area (Å²) in [7, 11) is 0. The number of benzene rings is 2. The van der Waals surface area contributed by atoms with Crippen LogP contribution in [-0.2, 0) is 16.0 Å². The van der Waals surface area contributed by atoms with Gasteiger partial charge in [-0.15, -0.1) is 0 Å². The quantitative estimate of drug-likeness (QED) is 0.728. The van der Waals surface area contributed by atoms with E-state index in [1.165, 1.54) is 6.92 Å². The maximum Gasteiger partial charge on any atom is 0.405 e. The first-order valence-electron chi connectivity index (χ1n) is 9.40. The van der Waals surface area contributed by atoms with Crippen LogP contribution in [0, 0.1) is 0 Å². The molecule has 1 aliphatic rings. The van der Waals surface area contributed by atoms with E-state index in [0.29, 0.717) is 5.69 Å². The molecule has 152 valence electrons. The molecule has 2 aromatic rings. The highest BCUT2D eigenvalue weighted by Crippen LogP contribution is 2.31. The number of hydrogen-bond donors (Lipinski definition) is 3. The Hall–Kier alpha value is -3.61. The largest absolute Gasteiger partial charge is 0.465 e. The summed E-state index contributed by atoms with van der Waals surface area (Å²) in [6.07, 6.45) is 3.27. The van der Waals surface area contributed by atoms with Crippen molar-refractivity contribution in [1.82, 2.24) is 5.32 Å². The molecule has 3 amide bonds. The molecule has 0 bridgehead atoms. The van der Waals surface area contributed by atoms with Gasteiger partial charge in [0.05, 0.1) is 5.69 Å². The number of nitrogens with one attached hydrogen (secondary N) is 2. The first-order chi connectivity index (χ1) is 13.9. The Morgan fingerprint density at radius 2 is 1.69 bits per heavy atom. The van der Waals surface area contributed by atoms with Crippen LogP contribution in [-0.4, -0.2) is 29.6 Å². The fourth-order valence-corrected chi connectivity index (χ4v) is 2.91. The first kappa shape index (κ1) is 21.7. The van der Waals surface area contributed by atoms with Crippen molar-refractivity contribution in [1.29, 1.82) is 0 Å². The fraction of sp³-hybridized carbons (Fsp3) is 0.227. The van der Waals surface area contributed by atoms with Gasteiger partial charge in [-0.1, -0.05) is 38.1 Å².